The normalized spacial score (nSPS) is 29.5. The monoisotopic (exact) mass is 1140 g/mol. The molecule has 4 unspecified atom stereocenters. The highest BCUT2D eigenvalue weighted by Gasteiger charge is 2.76. The average molecular weight is 1140 g/mol. The van der Waals surface area contributed by atoms with Crippen LogP contribution in [0.15, 0.2) is 48.1 Å². The van der Waals surface area contributed by atoms with Crippen molar-refractivity contribution >= 4 is 65.7 Å². The van der Waals surface area contributed by atoms with Crippen LogP contribution in [0.4, 0.5) is 19.3 Å². The minimum Gasteiger partial charge on any atom is -0.449 e. The van der Waals surface area contributed by atoms with Crippen molar-refractivity contribution < 1.29 is 70.9 Å². The lowest BCUT2D eigenvalue weighted by atomic mass is 9.44. The predicted octanol–water partition coefficient (Wildman–Crippen LogP) is 7.58. The van der Waals surface area contributed by atoms with E-state index in [1.807, 2.05) is 0 Å². The summed E-state index contributed by atoms with van der Waals surface area (Å²) >= 11 is 0.990. The maximum absolute atomic E-state index is 17.7. The van der Waals surface area contributed by atoms with Crippen molar-refractivity contribution in [3.05, 3.63) is 53.6 Å². The molecule has 8 N–H and O–H groups in total. The Morgan fingerprint density at radius 1 is 0.975 bits per heavy atom. The Balaban J connectivity index is 0.955. The van der Waals surface area contributed by atoms with Gasteiger partial charge in [-0.15, -0.1) is 5.92 Å². The van der Waals surface area contributed by atoms with E-state index >= 15 is 8.78 Å². The van der Waals surface area contributed by atoms with E-state index in [1.54, 1.807) is 52.0 Å². The smallest absolute Gasteiger partial charge is 0.328 e. The number of halogens is 2. The summed E-state index contributed by atoms with van der Waals surface area (Å²) in [6.07, 6.45) is 6.62. The molecule has 0 aliphatic heterocycles. The second kappa shape index (κ2) is 27.7. The Labute approximate surface area is 466 Å². The number of thioether (sulfide) groups is 1. The summed E-state index contributed by atoms with van der Waals surface area (Å²) in [4.78, 5) is 102. The van der Waals surface area contributed by atoms with E-state index in [0.717, 1.165) is 43.5 Å². The third-order valence-corrected chi connectivity index (χ3v) is 19.2. The summed E-state index contributed by atoms with van der Waals surface area (Å²) < 4.78 is 64.0. The first-order valence-corrected chi connectivity index (χ1v) is 30.6. The standard InChI is InChI=1S/C57H80F2N5O13PS/c1-6-48(68)77-56(27-25-41-42-32-44(58)43-31-39(65)24-26-54(43,4)57(42,59)46(66)33-55(41,56)5)52(71)79-30-15-11-10-14-29-78(73,74)76-34-37-20-22-38(23-21-37)62-50(69)45(19-16-28-61-53(60)72)63-51(70)49(36(2)3)64-47(67)35-75-40-17-12-8-7-9-13-18-40/h20-24,26,31,36,40-42,44-46,49,66H,6-12,14-17,19,25,27-30,32-35H2,1-5H3,(H,62,69)(H,63,70)(H,64,67)(H,73,74)(H3,60,61,72)/t40?,41-,42-,44-,45?,46-,49?,54-,55-,56-,57-/m0/s1. The highest BCUT2D eigenvalue weighted by atomic mass is 32.2. The first kappa shape index (κ1) is 63.2. The number of nitrogens with one attached hydrogen (secondary N) is 4. The van der Waals surface area contributed by atoms with Gasteiger partial charge in [-0.3, -0.25) is 33.3 Å². The van der Waals surface area contributed by atoms with Gasteiger partial charge in [0.2, 0.25) is 22.8 Å². The van der Waals surface area contributed by atoms with Gasteiger partial charge >= 0.3 is 19.6 Å². The highest BCUT2D eigenvalue weighted by Crippen LogP contribution is 2.71. The van der Waals surface area contributed by atoms with E-state index in [9.17, 15) is 48.1 Å². The molecule has 6 rings (SSSR count). The lowest BCUT2D eigenvalue weighted by Gasteiger charge is -2.63. The fourth-order valence-corrected chi connectivity index (χ4v) is 14.5. The average Bonchev–Trinajstić information content (AvgIpc) is 2.45. The van der Waals surface area contributed by atoms with Crippen LogP contribution in [0.2, 0.25) is 0 Å². The molecule has 3 fully saturated rings. The minimum absolute atomic E-state index is 0.000177. The second-order valence-electron chi connectivity index (χ2n) is 22.4. The molecule has 79 heavy (non-hydrogen) atoms. The molecular weight excluding hydrogens is 1060 g/mol. The Bertz CT molecular complexity index is 2580. The zero-order chi connectivity index (χ0) is 57.8. The van der Waals surface area contributed by atoms with Gasteiger partial charge in [0.05, 0.1) is 12.7 Å². The summed E-state index contributed by atoms with van der Waals surface area (Å²) in [6.45, 7) is 8.02. The molecule has 12 atom stereocenters. The van der Waals surface area contributed by atoms with E-state index in [4.69, 9.17) is 19.7 Å². The molecule has 0 bridgehead atoms. The van der Waals surface area contributed by atoms with E-state index in [2.05, 4.69) is 33.1 Å². The molecule has 1 aromatic rings. The third-order valence-electron chi connectivity index (χ3n) is 16.7. The summed E-state index contributed by atoms with van der Waals surface area (Å²) in [5, 5.41) is 22.1. The van der Waals surface area contributed by atoms with E-state index < -0.39 is 107 Å². The molecule has 0 aromatic heterocycles. The fraction of sp³-hybridized carbons (Fsp3) is 0.667. The van der Waals surface area contributed by atoms with Gasteiger partial charge in [-0.1, -0.05) is 82.8 Å². The van der Waals surface area contributed by atoms with Gasteiger partial charge in [-0.05, 0) is 125 Å². The quantitative estimate of drug-likeness (QED) is 0.0204. The minimum atomic E-state index is -4.03. The number of carbonyl (C=O) groups is 7. The number of alkyl halides is 2. The number of allylic oxidation sites excluding steroid dienone is 4. The first-order chi connectivity index (χ1) is 37.4. The summed E-state index contributed by atoms with van der Waals surface area (Å²) in [6, 6.07) is 3.55. The Kier molecular flexibility index (Phi) is 22.1. The number of ether oxygens (including phenoxy) is 2. The zero-order valence-electron chi connectivity index (χ0n) is 46.1. The van der Waals surface area contributed by atoms with Crippen molar-refractivity contribution in [2.24, 2.45) is 34.3 Å². The lowest BCUT2D eigenvalue weighted by Crippen LogP contribution is -2.70. The van der Waals surface area contributed by atoms with Crippen molar-refractivity contribution in [1.82, 2.24) is 16.0 Å². The molecule has 5 amide bonds. The summed E-state index contributed by atoms with van der Waals surface area (Å²) in [7, 11) is -4.03. The molecule has 0 radical (unpaired) electrons. The van der Waals surface area contributed by atoms with Crippen LogP contribution in [0.1, 0.15) is 143 Å². The van der Waals surface area contributed by atoms with Crippen molar-refractivity contribution in [3.63, 3.8) is 0 Å². The van der Waals surface area contributed by atoms with Gasteiger partial charge in [-0.2, -0.15) is 0 Å². The molecule has 18 nitrogen and oxygen atoms in total. The summed E-state index contributed by atoms with van der Waals surface area (Å²) in [5.41, 5.74) is -0.729. The maximum atomic E-state index is 17.7. The van der Waals surface area contributed by atoms with Crippen LogP contribution in [0, 0.1) is 40.4 Å². The number of esters is 1. The number of primary amides is 1. The number of fused-ring (bicyclic) bond motifs is 5. The summed E-state index contributed by atoms with van der Waals surface area (Å²) in [5.74, 6) is 1.73. The van der Waals surface area contributed by atoms with E-state index in [0.29, 0.717) is 49.1 Å². The highest BCUT2D eigenvalue weighted by molar-refractivity contribution is 8.13. The number of amides is 5. The predicted molar refractivity (Wildman–Crippen MR) is 294 cm³/mol. The second-order valence-corrected chi connectivity index (χ2v) is 25.5. The maximum Gasteiger partial charge on any atom is 0.328 e. The molecule has 22 heteroatoms. The fourth-order valence-electron chi connectivity index (χ4n) is 12.3. The molecular formula is C57H80F2N5O13PS. The number of hydrogen-bond acceptors (Lipinski definition) is 13. The van der Waals surface area contributed by atoms with Crippen LogP contribution < -0.4 is 27.0 Å². The van der Waals surface area contributed by atoms with Gasteiger partial charge in [0.15, 0.2) is 17.1 Å². The Hall–Kier alpha value is -4.97. The van der Waals surface area contributed by atoms with Crippen molar-refractivity contribution in [3.8, 4) is 11.8 Å². The van der Waals surface area contributed by atoms with Crippen LogP contribution in [-0.2, 0) is 53.9 Å². The molecule has 5 aliphatic rings. The van der Waals surface area contributed by atoms with Crippen LogP contribution in [0.5, 0.6) is 0 Å². The Morgan fingerprint density at radius 2 is 1.71 bits per heavy atom. The zero-order valence-corrected chi connectivity index (χ0v) is 47.8. The van der Waals surface area contributed by atoms with Crippen molar-refractivity contribution in [2.75, 3.05) is 30.4 Å². The molecule has 0 heterocycles. The molecule has 5 aliphatic carbocycles. The molecule has 436 valence electrons. The van der Waals surface area contributed by atoms with Gasteiger partial charge in [0, 0.05) is 53.7 Å². The van der Waals surface area contributed by atoms with Crippen LogP contribution in [0.3, 0.4) is 0 Å². The van der Waals surface area contributed by atoms with Gasteiger partial charge < -0.3 is 51.0 Å². The Morgan fingerprint density at radius 3 is 2.42 bits per heavy atom. The van der Waals surface area contributed by atoms with Crippen molar-refractivity contribution in [1.29, 1.82) is 0 Å². The topological polar surface area (TPSA) is 279 Å². The number of rotatable bonds is 26. The van der Waals surface area contributed by atoms with Crippen LogP contribution in [-0.4, -0.2) is 117 Å². The first-order valence-electron chi connectivity index (χ1n) is 27.8. The number of aliphatic hydroxyl groups excluding tert-OH is 1. The van der Waals surface area contributed by atoms with Gasteiger partial charge in [0.1, 0.15) is 31.0 Å². The van der Waals surface area contributed by atoms with Gasteiger partial charge in [0.25, 0.3) is 0 Å². The molecule has 0 saturated heterocycles. The lowest BCUT2D eigenvalue weighted by molar-refractivity contribution is -0.226. The van der Waals surface area contributed by atoms with Gasteiger partial charge in [-0.25, -0.2) is 13.6 Å². The SMILES string of the molecule is CCC(=O)O[C@]1(C(=O)SCCCCCCP(=O)(O)OCc2ccc(NC(=O)C(CCCNC(N)=O)NC(=O)C(NC(=O)COC3C#CCCCCC3)C(C)C)cc2)CC[C@H]2[C@@H]3C[C@H](F)C4=CC(=O)C=C[C@]4(C)[C@@]3(F)[C@@H](O)C[C@@]21C. The number of aliphatic hydroxyl groups is 1. The number of unbranched alkanes of at least 4 members (excludes halogenated alkanes) is 3. The van der Waals surface area contributed by atoms with E-state index in [-0.39, 0.29) is 88.5 Å². The number of hydrogen-bond donors (Lipinski definition) is 7. The number of urea groups is 1. The molecule has 0 spiro atoms. The van der Waals surface area contributed by atoms with E-state index in [1.165, 1.54) is 19.1 Å². The largest absolute Gasteiger partial charge is 0.449 e. The van der Waals surface area contributed by atoms with Crippen LogP contribution in [0.25, 0.3) is 0 Å². The van der Waals surface area contributed by atoms with Crippen LogP contribution >= 0.6 is 19.4 Å². The number of anilines is 1. The van der Waals surface area contributed by atoms with Crippen molar-refractivity contribution in [2.45, 2.75) is 186 Å². The molecule has 1 aromatic carbocycles. The third kappa shape index (κ3) is 15.1. The molecule has 3 saturated carbocycles. The number of carbonyl (C=O) groups excluding carboxylic acids is 7. The number of ketones is 1. The number of nitrogens with two attached hydrogens (primary N) is 1. The number of benzene rings is 1.